The van der Waals surface area contributed by atoms with E-state index in [0.717, 1.165) is 45.6 Å². The van der Waals surface area contributed by atoms with E-state index in [4.69, 9.17) is 0 Å². The molecule has 2 aliphatic rings. The Morgan fingerprint density at radius 1 is 1.05 bits per heavy atom. The lowest BCUT2D eigenvalue weighted by atomic mass is 9.91. The van der Waals surface area contributed by atoms with Crippen LogP contribution in [0.5, 0.6) is 5.75 Å². The van der Waals surface area contributed by atoms with Gasteiger partial charge in [0.2, 0.25) is 0 Å². The molecule has 4 heteroatoms. The summed E-state index contributed by atoms with van der Waals surface area (Å²) in [6.07, 6.45) is 4.42. The number of aliphatic hydroxyl groups is 1. The van der Waals surface area contributed by atoms with Gasteiger partial charge in [-0.25, -0.2) is 0 Å². The first-order chi connectivity index (χ1) is 10.2. The first kappa shape index (κ1) is 14.8. The second kappa shape index (κ2) is 6.77. The van der Waals surface area contributed by atoms with Crippen molar-refractivity contribution in [3.63, 3.8) is 0 Å². The maximum absolute atomic E-state index is 10.2. The molecule has 0 bridgehead atoms. The molecular weight excluding hydrogens is 264 g/mol. The van der Waals surface area contributed by atoms with Gasteiger partial charge in [0, 0.05) is 38.8 Å². The molecule has 0 aromatic heterocycles. The van der Waals surface area contributed by atoms with Crippen LogP contribution in [0.1, 0.15) is 31.2 Å². The third-order valence-corrected chi connectivity index (χ3v) is 4.89. The number of piperazine rings is 1. The van der Waals surface area contributed by atoms with Crippen LogP contribution in [0, 0.1) is 0 Å². The Labute approximate surface area is 127 Å². The van der Waals surface area contributed by atoms with Crippen molar-refractivity contribution in [2.45, 2.75) is 44.4 Å². The summed E-state index contributed by atoms with van der Waals surface area (Å²) < 4.78 is 0. The summed E-state index contributed by atoms with van der Waals surface area (Å²) >= 11 is 0. The van der Waals surface area contributed by atoms with E-state index < -0.39 is 0 Å². The van der Waals surface area contributed by atoms with Crippen molar-refractivity contribution in [3.05, 3.63) is 29.8 Å². The van der Waals surface area contributed by atoms with Gasteiger partial charge in [-0.2, -0.15) is 0 Å². The Hall–Kier alpha value is -1.10. The van der Waals surface area contributed by atoms with Gasteiger partial charge in [-0.05, 0) is 30.5 Å². The number of rotatable bonds is 3. The summed E-state index contributed by atoms with van der Waals surface area (Å²) in [5, 5.41) is 19.7. The summed E-state index contributed by atoms with van der Waals surface area (Å²) in [5.74, 6) is 0.344. The topological polar surface area (TPSA) is 46.9 Å². The molecule has 1 saturated heterocycles. The number of nitrogens with zero attached hydrogens (tertiary/aromatic N) is 2. The highest BCUT2D eigenvalue weighted by Gasteiger charge is 2.30. The molecule has 2 unspecified atom stereocenters. The highest BCUT2D eigenvalue weighted by Crippen LogP contribution is 2.24. The number of aromatic hydroxyl groups is 1. The fourth-order valence-electron chi connectivity index (χ4n) is 3.68. The van der Waals surface area contributed by atoms with E-state index in [9.17, 15) is 10.2 Å². The van der Waals surface area contributed by atoms with Crippen LogP contribution in [0.25, 0.3) is 0 Å². The molecule has 0 amide bonds. The number of hydrogen-bond acceptors (Lipinski definition) is 4. The minimum absolute atomic E-state index is 0.128. The van der Waals surface area contributed by atoms with E-state index in [1.54, 1.807) is 6.07 Å². The first-order valence-corrected chi connectivity index (χ1v) is 8.15. The summed E-state index contributed by atoms with van der Waals surface area (Å²) in [6.45, 7) is 5.06. The lowest BCUT2D eigenvalue weighted by molar-refractivity contribution is -0.00473. The van der Waals surface area contributed by atoms with Crippen LogP contribution in [0.15, 0.2) is 24.3 Å². The highest BCUT2D eigenvalue weighted by atomic mass is 16.3. The number of aliphatic hydroxyl groups excluding tert-OH is 1. The molecule has 1 heterocycles. The fourth-order valence-corrected chi connectivity index (χ4v) is 3.68. The molecule has 21 heavy (non-hydrogen) atoms. The average molecular weight is 290 g/mol. The Morgan fingerprint density at radius 2 is 1.81 bits per heavy atom. The maximum Gasteiger partial charge on any atom is 0.115 e. The van der Waals surface area contributed by atoms with Crippen molar-refractivity contribution in [1.82, 2.24) is 9.80 Å². The molecule has 1 aliphatic heterocycles. The third kappa shape index (κ3) is 3.76. The van der Waals surface area contributed by atoms with Crippen LogP contribution < -0.4 is 0 Å². The van der Waals surface area contributed by atoms with Gasteiger partial charge in [0.15, 0.2) is 0 Å². The summed E-state index contributed by atoms with van der Waals surface area (Å²) in [4.78, 5) is 4.91. The van der Waals surface area contributed by atoms with Gasteiger partial charge in [-0.3, -0.25) is 9.80 Å². The van der Waals surface area contributed by atoms with Crippen LogP contribution in [0.4, 0.5) is 0 Å². The largest absolute Gasteiger partial charge is 0.508 e. The van der Waals surface area contributed by atoms with Crippen molar-refractivity contribution >= 4 is 0 Å². The summed E-state index contributed by atoms with van der Waals surface area (Å²) in [5.41, 5.74) is 1.17. The molecule has 3 rings (SSSR count). The molecule has 2 fully saturated rings. The van der Waals surface area contributed by atoms with E-state index in [-0.39, 0.29) is 6.10 Å². The van der Waals surface area contributed by atoms with Gasteiger partial charge in [-0.1, -0.05) is 25.0 Å². The first-order valence-electron chi connectivity index (χ1n) is 8.15. The second-order valence-electron chi connectivity index (χ2n) is 6.40. The SMILES string of the molecule is Oc1cccc(CN2CCN(C3CCCCC3O)CC2)c1. The van der Waals surface area contributed by atoms with Gasteiger partial charge in [0.25, 0.3) is 0 Å². The lowest BCUT2D eigenvalue weighted by Crippen LogP contribution is -2.54. The van der Waals surface area contributed by atoms with Crippen LogP contribution in [0.3, 0.4) is 0 Å². The fraction of sp³-hybridized carbons (Fsp3) is 0.647. The molecule has 1 aliphatic carbocycles. The zero-order valence-electron chi connectivity index (χ0n) is 12.6. The highest BCUT2D eigenvalue weighted by molar-refractivity contribution is 5.27. The zero-order valence-corrected chi connectivity index (χ0v) is 12.6. The summed E-state index contributed by atoms with van der Waals surface area (Å²) in [6, 6.07) is 7.90. The Balaban J connectivity index is 1.50. The minimum atomic E-state index is -0.128. The van der Waals surface area contributed by atoms with E-state index >= 15 is 0 Å². The van der Waals surface area contributed by atoms with Crippen molar-refractivity contribution in [2.24, 2.45) is 0 Å². The number of phenolic OH excluding ortho intramolecular Hbond substituents is 1. The van der Waals surface area contributed by atoms with Gasteiger partial charge in [0.1, 0.15) is 5.75 Å². The van der Waals surface area contributed by atoms with Crippen molar-refractivity contribution in [3.8, 4) is 5.75 Å². The average Bonchev–Trinajstić information content (AvgIpc) is 2.49. The van der Waals surface area contributed by atoms with E-state index in [1.807, 2.05) is 12.1 Å². The normalized spacial score (nSPS) is 28.6. The number of phenols is 1. The molecule has 0 spiro atoms. The predicted molar refractivity (Wildman–Crippen MR) is 83.2 cm³/mol. The molecule has 1 saturated carbocycles. The van der Waals surface area contributed by atoms with Gasteiger partial charge < -0.3 is 10.2 Å². The molecule has 0 radical (unpaired) electrons. The molecule has 2 atom stereocenters. The van der Waals surface area contributed by atoms with E-state index in [1.165, 1.54) is 18.4 Å². The molecular formula is C17H26N2O2. The number of hydrogen-bond donors (Lipinski definition) is 2. The van der Waals surface area contributed by atoms with Gasteiger partial charge in [0.05, 0.1) is 6.10 Å². The second-order valence-corrected chi connectivity index (χ2v) is 6.40. The van der Waals surface area contributed by atoms with Crippen LogP contribution in [-0.2, 0) is 6.54 Å². The van der Waals surface area contributed by atoms with Crippen molar-refractivity contribution in [1.29, 1.82) is 0 Å². The quantitative estimate of drug-likeness (QED) is 0.891. The zero-order chi connectivity index (χ0) is 14.7. The molecule has 2 N–H and O–H groups in total. The van der Waals surface area contributed by atoms with Gasteiger partial charge in [-0.15, -0.1) is 0 Å². The summed E-state index contributed by atoms with van der Waals surface area (Å²) in [7, 11) is 0. The van der Waals surface area contributed by atoms with Crippen molar-refractivity contribution < 1.29 is 10.2 Å². The van der Waals surface area contributed by atoms with E-state index in [2.05, 4.69) is 15.9 Å². The minimum Gasteiger partial charge on any atom is -0.508 e. The monoisotopic (exact) mass is 290 g/mol. The Morgan fingerprint density at radius 3 is 2.52 bits per heavy atom. The Bertz CT molecular complexity index is 458. The van der Waals surface area contributed by atoms with Crippen molar-refractivity contribution in [2.75, 3.05) is 26.2 Å². The lowest BCUT2D eigenvalue weighted by Gasteiger charge is -2.42. The Kier molecular flexibility index (Phi) is 4.78. The van der Waals surface area contributed by atoms with E-state index in [0.29, 0.717) is 11.8 Å². The maximum atomic E-state index is 10.2. The van der Waals surface area contributed by atoms with Crippen LogP contribution >= 0.6 is 0 Å². The molecule has 1 aromatic carbocycles. The third-order valence-electron chi connectivity index (χ3n) is 4.89. The van der Waals surface area contributed by atoms with Crippen LogP contribution in [-0.4, -0.2) is 58.3 Å². The molecule has 116 valence electrons. The molecule has 4 nitrogen and oxygen atoms in total. The molecule has 1 aromatic rings. The standard InChI is InChI=1S/C17H26N2O2/c20-15-5-3-4-14(12-15)13-18-8-10-19(11-9-18)16-6-1-2-7-17(16)21/h3-5,12,16-17,20-21H,1-2,6-11,13H2. The van der Waals surface area contributed by atoms with Gasteiger partial charge >= 0.3 is 0 Å². The number of benzene rings is 1. The predicted octanol–water partition coefficient (Wildman–Crippen LogP) is 1.81. The van der Waals surface area contributed by atoms with Crippen LogP contribution in [0.2, 0.25) is 0 Å². The smallest absolute Gasteiger partial charge is 0.115 e.